The molecule has 2 N–H and O–H groups in total. The highest BCUT2D eigenvalue weighted by atomic mass is 127. The SMILES string of the molecule is CN=C(NCCn1cccc1)NCc1ccc(CN2CCCC2)cc1.I. The normalized spacial score (nSPS) is 14.9. The number of nitrogens with zero attached hydrogens (tertiary/aromatic N) is 3. The summed E-state index contributed by atoms with van der Waals surface area (Å²) in [4.78, 5) is 6.82. The van der Waals surface area contributed by atoms with Gasteiger partial charge in [0.05, 0.1) is 0 Å². The van der Waals surface area contributed by atoms with Gasteiger partial charge in [0.25, 0.3) is 0 Å². The van der Waals surface area contributed by atoms with Gasteiger partial charge in [-0.25, -0.2) is 0 Å². The van der Waals surface area contributed by atoms with Crippen molar-refractivity contribution < 1.29 is 0 Å². The fourth-order valence-corrected chi connectivity index (χ4v) is 3.19. The lowest BCUT2D eigenvalue weighted by Gasteiger charge is -2.15. The van der Waals surface area contributed by atoms with Gasteiger partial charge in [0.1, 0.15) is 0 Å². The van der Waals surface area contributed by atoms with Crippen molar-refractivity contribution in [1.82, 2.24) is 20.1 Å². The van der Waals surface area contributed by atoms with Gasteiger partial charge in [-0.1, -0.05) is 24.3 Å². The molecule has 1 aromatic heterocycles. The Labute approximate surface area is 173 Å². The van der Waals surface area contributed by atoms with Crippen molar-refractivity contribution in [1.29, 1.82) is 0 Å². The van der Waals surface area contributed by atoms with Gasteiger partial charge in [-0.15, -0.1) is 24.0 Å². The van der Waals surface area contributed by atoms with E-state index in [9.17, 15) is 0 Å². The number of rotatable bonds is 7. The lowest BCUT2D eigenvalue weighted by atomic mass is 10.1. The van der Waals surface area contributed by atoms with Crippen molar-refractivity contribution in [2.24, 2.45) is 4.99 Å². The second-order valence-electron chi connectivity index (χ2n) is 6.57. The summed E-state index contributed by atoms with van der Waals surface area (Å²) in [5.41, 5.74) is 2.68. The fourth-order valence-electron chi connectivity index (χ4n) is 3.19. The Morgan fingerprint density at radius 1 is 1.00 bits per heavy atom. The number of nitrogens with one attached hydrogen (secondary N) is 2. The summed E-state index contributed by atoms with van der Waals surface area (Å²) < 4.78 is 2.15. The van der Waals surface area contributed by atoms with Crippen molar-refractivity contribution in [2.75, 3.05) is 26.7 Å². The zero-order valence-corrected chi connectivity index (χ0v) is 17.9. The number of aliphatic imine (C=N–C) groups is 1. The number of guanidine groups is 1. The maximum absolute atomic E-state index is 4.29. The number of halogens is 1. The van der Waals surface area contributed by atoms with Gasteiger partial charge in [0.2, 0.25) is 0 Å². The first-order valence-electron chi connectivity index (χ1n) is 9.19. The van der Waals surface area contributed by atoms with Crippen LogP contribution in [0.25, 0.3) is 0 Å². The van der Waals surface area contributed by atoms with Crippen LogP contribution >= 0.6 is 24.0 Å². The molecule has 0 amide bonds. The molecule has 2 aromatic rings. The molecule has 1 aliphatic heterocycles. The molecule has 1 aliphatic rings. The zero-order valence-electron chi connectivity index (χ0n) is 15.5. The number of benzene rings is 1. The van der Waals surface area contributed by atoms with Gasteiger partial charge in [-0.05, 0) is 49.2 Å². The quantitative estimate of drug-likeness (QED) is 0.374. The van der Waals surface area contributed by atoms with E-state index in [1.807, 2.05) is 19.2 Å². The predicted octanol–water partition coefficient (Wildman–Crippen LogP) is 3.07. The monoisotopic (exact) mass is 467 g/mol. The first kappa shape index (κ1) is 20.8. The maximum Gasteiger partial charge on any atom is 0.191 e. The molecule has 0 aliphatic carbocycles. The Morgan fingerprint density at radius 2 is 1.65 bits per heavy atom. The average Bonchev–Trinajstić information content (AvgIpc) is 3.33. The minimum Gasteiger partial charge on any atom is -0.355 e. The van der Waals surface area contributed by atoms with Gasteiger partial charge < -0.3 is 15.2 Å². The lowest BCUT2D eigenvalue weighted by molar-refractivity contribution is 0.331. The second-order valence-corrected chi connectivity index (χ2v) is 6.57. The number of likely N-dealkylation sites (tertiary alicyclic amines) is 1. The maximum atomic E-state index is 4.29. The molecule has 0 atom stereocenters. The molecule has 3 rings (SSSR count). The number of hydrogen-bond donors (Lipinski definition) is 2. The molecule has 2 heterocycles. The van der Waals surface area contributed by atoms with Crippen molar-refractivity contribution >= 4 is 29.9 Å². The summed E-state index contributed by atoms with van der Waals surface area (Å²) in [6, 6.07) is 13.0. The van der Waals surface area contributed by atoms with Crippen LogP contribution in [0.3, 0.4) is 0 Å². The molecular formula is C20H30IN5. The van der Waals surface area contributed by atoms with Crippen LogP contribution in [-0.2, 0) is 19.6 Å². The summed E-state index contributed by atoms with van der Waals surface area (Å²) in [6.45, 7) is 6.13. The number of aromatic nitrogens is 1. The van der Waals surface area contributed by atoms with E-state index in [1.165, 1.54) is 37.1 Å². The van der Waals surface area contributed by atoms with Crippen molar-refractivity contribution in [3.8, 4) is 0 Å². The van der Waals surface area contributed by atoms with Gasteiger partial charge in [0.15, 0.2) is 5.96 Å². The first-order chi connectivity index (χ1) is 12.3. The zero-order chi connectivity index (χ0) is 17.3. The van der Waals surface area contributed by atoms with Crippen LogP contribution in [-0.4, -0.2) is 42.1 Å². The minimum atomic E-state index is 0. The molecule has 1 saturated heterocycles. The van der Waals surface area contributed by atoms with E-state index >= 15 is 0 Å². The summed E-state index contributed by atoms with van der Waals surface area (Å²) in [5, 5.41) is 6.73. The van der Waals surface area contributed by atoms with Gasteiger partial charge >= 0.3 is 0 Å². The molecular weight excluding hydrogens is 437 g/mol. The van der Waals surface area contributed by atoms with Gasteiger partial charge in [-0.3, -0.25) is 9.89 Å². The summed E-state index contributed by atoms with van der Waals surface area (Å²) in [6.07, 6.45) is 6.83. The standard InChI is InChI=1S/C20H29N5.HI/c1-21-20(22-10-15-24-11-2-3-12-24)23-16-18-6-8-19(9-7-18)17-25-13-4-5-14-25;/h2-3,6-9,11-12H,4-5,10,13-17H2,1H3,(H2,21,22,23);1H. The van der Waals surface area contributed by atoms with Crippen LogP contribution in [0.5, 0.6) is 0 Å². The second kappa shape index (κ2) is 11.2. The molecule has 1 aromatic carbocycles. The molecule has 142 valence electrons. The van der Waals surface area contributed by atoms with Gasteiger partial charge in [0, 0.05) is 45.6 Å². The van der Waals surface area contributed by atoms with Crippen LogP contribution in [0, 0.1) is 0 Å². The van der Waals surface area contributed by atoms with Gasteiger partial charge in [-0.2, -0.15) is 0 Å². The Bertz CT molecular complexity index is 645. The van der Waals surface area contributed by atoms with Crippen LogP contribution in [0.4, 0.5) is 0 Å². The number of hydrogen-bond acceptors (Lipinski definition) is 2. The molecule has 0 unspecified atom stereocenters. The Kier molecular flexibility index (Phi) is 8.97. The fraction of sp³-hybridized carbons (Fsp3) is 0.450. The minimum absolute atomic E-state index is 0. The van der Waals surface area contributed by atoms with Crippen LogP contribution in [0.1, 0.15) is 24.0 Å². The third-order valence-corrected chi connectivity index (χ3v) is 4.64. The van der Waals surface area contributed by atoms with E-state index in [2.05, 4.69) is 61.8 Å². The van der Waals surface area contributed by atoms with E-state index in [0.717, 1.165) is 32.1 Å². The largest absolute Gasteiger partial charge is 0.355 e. The molecule has 0 bridgehead atoms. The molecule has 5 nitrogen and oxygen atoms in total. The van der Waals surface area contributed by atoms with E-state index < -0.39 is 0 Å². The van der Waals surface area contributed by atoms with Crippen LogP contribution in [0.15, 0.2) is 53.8 Å². The Hall–Kier alpha value is -1.54. The Balaban J connectivity index is 0.00000243. The van der Waals surface area contributed by atoms with Crippen molar-refractivity contribution in [3.05, 3.63) is 59.9 Å². The summed E-state index contributed by atoms with van der Waals surface area (Å²) in [5.74, 6) is 0.841. The molecule has 6 heteroatoms. The summed E-state index contributed by atoms with van der Waals surface area (Å²) in [7, 11) is 1.81. The van der Waals surface area contributed by atoms with E-state index in [1.54, 1.807) is 0 Å². The third-order valence-electron chi connectivity index (χ3n) is 4.64. The first-order valence-corrected chi connectivity index (χ1v) is 9.19. The molecule has 0 saturated carbocycles. The van der Waals surface area contributed by atoms with Crippen LogP contribution < -0.4 is 10.6 Å². The highest BCUT2D eigenvalue weighted by Crippen LogP contribution is 2.13. The van der Waals surface area contributed by atoms with Crippen molar-refractivity contribution in [2.45, 2.75) is 32.5 Å². The molecule has 26 heavy (non-hydrogen) atoms. The highest BCUT2D eigenvalue weighted by molar-refractivity contribution is 14.0. The third kappa shape index (κ3) is 6.64. The Morgan fingerprint density at radius 3 is 2.31 bits per heavy atom. The highest BCUT2D eigenvalue weighted by Gasteiger charge is 2.11. The van der Waals surface area contributed by atoms with Crippen LogP contribution in [0.2, 0.25) is 0 Å². The molecule has 0 radical (unpaired) electrons. The summed E-state index contributed by atoms with van der Waals surface area (Å²) >= 11 is 0. The molecule has 1 fully saturated rings. The molecule has 0 spiro atoms. The predicted molar refractivity (Wildman–Crippen MR) is 119 cm³/mol. The smallest absolute Gasteiger partial charge is 0.191 e. The topological polar surface area (TPSA) is 44.6 Å². The van der Waals surface area contributed by atoms with E-state index in [0.29, 0.717) is 0 Å². The van der Waals surface area contributed by atoms with E-state index in [-0.39, 0.29) is 24.0 Å². The van der Waals surface area contributed by atoms with E-state index in [4.69, 9.17) is 0 Å². The average molecular weight is 467 g/mol. The lowest BCUT2D eigenvalue weighted by Crippen LogP contribution is -2.38. The van der Waals surface area contributed by atoms with Crippen molar-refractivity contribution in [3.63, 3.8) is 0 Å².